The van der Waals surface area contributed by atoms with Gasteiger partial charge in [0.2, 0.25) is 5.91 Å². The molecule has 0 radical (unpaired) electrons. The second-order valence-electron chi connectivity index (χ2n) is 7.97. The third-order valence-corrected chi connectivity index (χ3v) is 4.43. The summed E-state index contributed by atoms with van der Waals surface area (Å²) in [5.41, 5.74) is 1.35. The number of benzene rings is 1. The van der Waals surface area contributed by atoms with Gasteiger partial charge in [-0.1, -0.05) is 32.9 Å². The van der Waals surface area contributed by atoms with Gasteiger partial charge in [0, 0.05) is 25.6 Å². The van der Waals surface area contributed by atoms with Crippen molar-refractivity contribution in [2.75, 3.05) is 26.7 Å². The zero-order valence-electron chi connectivity index (χ0n) is 16.0. The second kappa shape index (κ2) is 10.0. The van der Waals surface area contributed by atoms with Crippen molar-refractivity contribution < 1.29 is 9.53 Å². The summed E-state index contributed by atoms with van der Waals surface area (Å²) in [6, 6.07) is 8.48. The maximum atomic E-state index is 12.8. The lowest BCUT2D eigenvalue weighted by Crippen LogP contribution is -2.41. The Hall–Kier alpha value is -1.26. The molecule has 1 heterocycles. The fourth-order valence-corrected chi connectivity index (χ4v) is 3.19. The van der Waals surface area contributed by atoms with Crippen molar-refractivity contribution in [1.29, 1.82) is 0 Å². The van der Waals surface area contributed by atoms with Gasteiger partial charge in [-0.25, -0.2) is 0 Å². The van der Waals surface area contributed by atoms with Gasteiger partial charge in [-0.05, 0) is 48.9 Å². The van der Waals surface area contributed by atoms with Crippen molar-refractivity contribution in [1.82, 2.24) is 10.2 Å². The number of halogens is 1. The molecule has 1 aliphatic rings. The van der Waals surface area contributed by atoms with Crippen LogP contribution in [-0.2, 0) is 11.2 Å². The van der Waals surface area contributed by atoms with E-state index in [0.29, 0.717) is 12.5 Å². The predicted octanol–water partition coefficient (Wildman–Crippen LogP) is 3.68. The first kappa shape index (κ1) is 21.8. The Morgan fingerprint density at radius 1 is 1.28 bits per heavy atom. The van der Waals surface area contributed by atoms with Crippen molar-refractivity contribution in [2.24, 2.45) is 5.41 Å². The highest BCUT2D eigenvalue weighted by molar-refractivity contribution is 5.85. The Kier molecular flexibility index (Phi) is 8.74. The molecule has 1 fully saturated rings. The highest BCUT2D eigenvalue weighted by Gasteiger charge is 2.24. The average Bonchev–Trinajstić information content (AvgIpc) is 3.03. The zero-order chi connectivity index (χ0) is 17.6. The Morgan fingerprint density at radius 3 is 2.48 bits per heavy atom. The van der Waals surface area contributed by atoms with Crippen molar-refractivity contribution in [2.45, 2.75) is 52.5 Å². The number of amides is 1. The van der Waals surface area contributed by atoms with Crippen LogP contribution in [0.5, 0.6) is 5.75 Å². The summed E-state index contributed by atoms with van der Waals surface area (Å²) in [5, 5.41) is 3.43. The SMILES string of the molecule is COc1ccc(CCN(CC(C)(C)C)C(=O)CC2CCCN2)cc1.Cl. The molecule has 1 amide bonds. The number of hydrogen-bond donors (Lipinski definition) is 1. The first-order chi connectivity index (χ1) is 11.4. The van der Waals surface area contributed by atoms with Gasteiger partial charge in [-0.3, -0.25) is 4.79 Å². The van der Waals surface area contributed by atoms with Gasteiger partial charge >= 0.3 is 0 Å². The maximum Gasteiger partial charge on any atom is 0.224 e. The molecule has 1 atom stereocenters. The largest absolute Gasteiger partial charge is 0.497 e. The molecule has 0 aliphatic carbocycles. The molecular formula is C20H33ClN2O2. The van der Waals surface area contributed by atoms with Crippen LogP contribution in [0.3, 0.4) is 0 Å². The number of methoxy groups -OCH3 is 1. The van der Waals surface area contributed by atoms with E-state index in [1.54, 1.807) is 7.11 Å². The van der Waals surface area contributed by atoms with E-state index in [0.717, 1.165) is 38.2 Å². The van der Waals surface area contributed by atoms with Gasteiger partial charge in [-0.15, -0.1) is 12.4 Å². The van der Waals surface area contributed by atoms with Crippen molar-refractivity contribution in [3.8, 4) is 5.75 Å². The molecular weight excluding hydrogens is 336 g/mol. The highest BCUT2D eigenvalue weighted by Crippen LogP contribution is 2.19. The molecule has 1 saturated heterocycles. The van der Waals surface area contributed by atoms with Crippen molar-refractivity contribution >= 4 is 18.3 Å². The van der Waals surface area contributed by atoms with Crippen LogP contribution in [0.4, 0.5) is 0 Å². The Bertz CT molecular complexity index is 519. The number of nitrogens with zero attached hydrogens (tertiary/aromatic N) is 1. The summed E-state index contributed by atoms with van der Waals surface area (Å²) in [6.45, 7) is 9.18. The molecule has 142 valence electrons. The fraction of sp³-hybridized carbons (Fsp3) is 0.650. The van der Waals surface area contributed by atoms with E-state index in [4.69, 9.17) is 4.74 Å². The van der Waals surface area contributed by atoms with Gasteiger partial charge in [0.05, 0.1) is 7.11 Å². The number of nitrogens with one attached hydrogen (secondary N) is 1. The van der Waals surface area contributed by atoms with E-state index in [9.17, 15) is 4.79 Å². The van der Waals surface area contributed by atoms with Crippen LogP contribution in [0, 0.1) is 5.41 Å². The molecule has 4 nitrogen and oxygen atoms in total. The molecule has 2 rings (SSSR count). The van der Waals surface area contributed by atoms with Crippen LogP contribution >= 0.6 is 12.4 Å². The van der Waals surface area contributed by atoms with Gasteiger partial charge in [0.25, 0.3) is 0 Å². The number of rotatable bonds is 7. The fourth-order valence-electron chi connectivity index (χ4n) is 3.19. The van der Waals surface area contributed by atoms with Gasteiger partial charge in [0.1, 0.15) is 5.75 Å². The molecule has 1 N–H and O–H groups in total. The van der Waals surface area contributed by atoms with Gasteiger partial charge in [-0.2, -0.15) is 0 Å². The predicted molar refractivity (Wildman–Crippen MR) is 106 cm³/mol. The summed E-state index contributed by atoms with van der Waals surface area (Å²) >= 11 is 0. The molecule has 0 saturated carbocycles. The van der Waals surface area contributed by atoms with E-state index >= 15 is 0 Å². The summed E-state index contributed by atoms with van der Waals surface area (Å²) in [6.07, 6.45) is 3.80. The molecule has 0 aromatic heterocycles. The van der Waals surface area contributed by atoms with Crippen molar-refractivity contribution in [3.63, 3.8) is 0 Å². The average molecular weight is 369 g/mol. The normalized spacial score (nSPS) is 17.0. The second-order valence-corrected chi connectivity index (χ2v) is 7.97. The lowest BCUT2D eigenvalue weighted by molar-refractivity contribution is -0.133. The Labute approximate surface area is 158 Å². The minimum Gasteiger partial charge on any atom is -0.497 e. The van der Waals surface area contributed by atoms with Crippen LogP contribution in [0.2, 0.25) is 0 Å². The first-order valence-corrected chi connectivity index (χ1v) is 9.01. The number of ether oxygens (including phenoxy) is 1. The highest BCUT2D eigenvalue weighted by atomic mass is 35.5. The van der Waals surface area contributed by atoms with Crippen molar-refractivity contribution in [3.05, 3.63) is 29.8 Å². The standard InChI is InChI=1S/C20H32N2O2.ClH/c1-20(2,3)15-22(19(23)14-17-6-5-12-21-17)13-11-16-7-9-18(24-4)10-8-16;/h7-10,17,21H,5-6,11-15H2,1-4H3;1H. The third kappa shape index (κ3) is 7.66. The van der Waals surface area contributed by atoms with Gasteiger partial charge in [0.15, 0.2) is 0 Å². The Morgan fingerprint density at radius 2 is 1.96 bits per heavy atom. The third-order valence-electron chi connectivity index (χ3n) is 4.43. The molecule has 1 unspecified atom stereocenters. The summed E-state index contributed by atoms with van der Waals surface area (Å²) in [4.78, 5) is 14.8. The molecule has 1 aromatic rings. The lowest BCUT2D eigenvalue weighted by atomic mass is 9.95. The van der Waals surface area contributed by atoms with Crippen LogP contribution in [0.25, 0.3) is 0 Å². The lowest BCUT2D eigenvalue weighted by Gasteiger charge is -2.31. The number of carbonyl (C=O) groups is 1. The maximum absolute atomic E-state index is 12.8. The van der Waals surface area contributed by atoms with E-state index < -0.39 is 0 Å². The molecule has 25 heavy (non-hydrogen) atoms. The smallest absolute Gasteiger partial charge is 0.224 e. The minimum atomic E-state index is 0. The van der Waals surface area contributed by atoms with E-state index in [1.165, 1.54) is 12.0 Å². The Balaban J connectivity index is 0.00000312. The summed E-state index contributed by atoms with van der Waals surface area (Å²) in [7, 11) is 1.68. The molecule has 1 aromatic carbocycles. The molecule has 5 heteroatoms. The summed E-state index contributed by atoms with van der Waals surface area (Å²) < 4.78 is 5.20. The van der Waals surface area contributed by atoms with E-state index in [1.807, 2.05) is 17.0 Å². The number of hydrogen-bond acceptors (Lipinski definition) is 3. The molecule has 0 spiro atoms. The van der Waals surface area contributed by atoms with E-state index in [-0.39, 0.29) is 23.7 Å². The van der Waals surface area contributed by atoms with Crippen LogP contribution in [0.1, 0.15) is 45.6 Å². The molecule has 1 aliphatic heterocycles. The minimum absolute atomic E-state index is 0. The quantitative estimate of drug-likeness (QED) is 0.798. The van der Waals surface area contributed by atoms with Gasteiger partial charge < -0.3 is 15.0 Å². The number of carbonyl (C=O) groups excluding carboxylic acids is 1. The topological polar surface area (TPSA) is 41.6 Å². The summed E-state index contributed by atoms with van der Waals surface area (Å²) in [5.74, 6) is 1.14. The molecule has 0 bridgehead atoms. The van der Waals surface area contributed by atoms with E-state index in [2.05, 4.69) is 38.2 Å². The zero-order valence-corrected chi connectivity index (χ0v) is 16.8. The van der Waals surface area contributed by atoms with Crippen LogP contribution < -0.4 is 10.1 Å². The monoisotopic (exact) mass is 368 g/mol. The first-order valence-electron chi connectivity index (χ1n) is 9.01. The van der Waals surface area contributed by atoms with Crippen LogP contribution in [-0.4, -0.2) is 43.6 Å². The van der Waals surface area contributed by atoms with Crippen LogP contribution in [0.15, 0.2) is 24.3 Å².